The van der Waals surface area contributed by atoms with E-state index in [1.165, 1.54) is 51.7 Å². The summed E-state index contributed by atoms with van der Waals surface area (Å²) in [7, 11) is -3.62. The van der Waals surface area contributed by atoms with E-state index in [9.17, 15) is 18.0 Å². The summed E-state index contributed by atoms with van der Waals surface area (Å²) in [6.45, 7) is 1.36. The average molecular weight is 512 g/mol. The first-order chi connectivity index (χ1) is 15.9. The van der Waals surface area contributed by atoms with Crippen LogP contribution in [0.5, 0.6) is 0 Å². The molecule has 178 valence electrons. The van der Waals surface area contributed by atoms with Gasteiger partial charge in [-0.25, -0.2) is 8.42 Å². The number of morpholine rings is 1. The molecular weight excluding hydrogens is 486 g/mol. The van der Waals surface area contributed by atoms with E-state index < -0.39 is 15.9 Å². The molecule has 13 heteroatoms. The van der Waals surface area contributed by atoms with Gasteiger partial charge in [0.15, 0.2) is 4.34 Å². The molecular formula is C20H25N5O5S3. The number of sulfonamides is 1. The molecule has 2 amide bonds. The van der Waals surface area contributed by atoms with Crippen molar-refractivity contribution in [3.05, 3.63) is 29.8 Å². The number of carbonyl (C=O) groups excluding carboxylic acids is 2. The number of carbonyl (C=O) groups is 2. The number of benzene rings is 1. The lowest BCUT2D eigenvalue weighted by Gasteiger charge is -2.26. The molecule has 2 fully saturated rings. The molecule has 2 heterocycles. The quantitative estimate of drug-likeness (QED) is 0.406. The molecule has 2 aliphatic rings. The molecule has 1 aromatic heterocycles. The highest BCUT2D eigenvalue weighted by Gasteiger charge is 2.26. The number of aromatic nitrogens is 2. The van der Waals surface area contributed by atoms with Gasteiger partial charge in [-0.3, -0.25) is 14.9 Å². The molecule has 33 heavy (non-hydrogen) atoms. The Labute approximate surface area is 200 Å². The molecule has 2 aromatic rings. The number of thioether (sulfide) groups is 1. The van der Waals surface area contributed by atoms with Crippen LogP contribution >= 0.6 is 23.1 Å². The first kappa shape index (κ1) is 24.1. The van der Waals surface area contributed by atoms with E-state index >= 15 is 0 Å². The lowest BCUT2D eigenvalue weighted by atomic mass is 10.2. The van der Waals surface area contributed by atoms with Gasteiger partial charge in [0.05, 0.1) is 23.9 Å². The molecule has 1 saturated carbocycles. The zero-order chi connectivity index (χ0) is 23.3. The normalized spacial score (nSPS) is 17.7. The SMILES string of the molecule is O=C(CSc1nnc(NC(=O)c2ccc(S(=O)(=O)N3CCOCC3)cc2)s1)NC1CCCC1. The zero-order valence-electron chi connectivity index (χ0n) is 17.9. The van der Waals surface area contributed by atoms with Crippen LogP contribution in [0.3, 0.4) is 0 Å². The third kappa shape index (κ3) is 6.29. The summed E-state index contributed by atoms with van der Waals surface area (Å²) in [6, 6.07) is 6.05. The molecule has 1 aromatic carbocycles. The third-order valence-electron chi connectivity index (χ3n) is 5.40. The Morgan fingerprint density at radius 3 is 2.52 bits per heavy atom. The minimum atomic E-state index is -3.62. The van der Waals surface area contributed by atoms with Gasteiger partial charge in [0.2, 0.25) is 21.1 Å². The van der Waals surface area contributed by atoms with E-state index in [0.717, 1.165) is 25.7 Å². The van der Waals surface area contributed by atoms with Gasteiger partial charge in [-0.15, -0.1) is 10.2 Å². The second-order valence-electron chi connectivity index (χ2n) is 7.71. The second kappa shape index (κ2) is 10.9. The van der Waals surface area contributed by atoms with Crippen molar-refractivity contribution >= 4 is 50.1 Å². The fraction of sp³-hybridized carbons (Fsp3) is 0.500. The fourth-order valence-corrected chi connectivity index (χ4v) is 6.64. The maximum atomic E-state index is 12.7. The third-order valence-corrected chi connectivity index (χ3v) is 9.28. The van der Waals surface area contributed by atoms with Crippen molar-refractivity contribution in [2.24, 2.45) is 0 Å². The first-order valence-corrected chi connectivity index (χ1v) is 13.9. The Bertz CT molecular complexity index is 1080. The van der Waals surface area contributed by atoms with Gasteiger partial charge in [0.1, 0.15) is 0 Å². The minimum absolute atomic E-state index is 0.0280. The van der Waals surface area contributed by atoms with Crippen LogP contribution in [0, 0.1) is 0 Å². The van der Waals surface area contributed by atoms with Crippen molar-refractivity contribution in [2.45, 2.75) is 41.0 Å². The van der Waals surface area contributed by atoms with Gasteiger partial charge in [0, 0.05) is 24.7 Å². The Hall–Kier alpha value is -2.06. The predicted octanol–water partition coefficient (Wildman–Crippen LogP) is 1.96. The Morgan fingerprint density at radius 2 is 1.82 bits per heavy atom. The summed E-state index contributed by atoms with van der Waals surface area (Å²) in [5, 5.41) is 13.9. The standard InChI is InChI=1S/C20H25N5O5S3/c26-17(21-15-3-1-2-4-15)13-31-20-24-23-19(32-20)22-18(27)14-5-7-16(8-6-14)33(28,29)25-9-11-30-12-10-25/h5-8,15H,1-4,9-13H2,(H,21,26)(H,22,23,27). The van der Waals surface area contributed by atoms with Crippen LogP contribution in [0.1, 0.15) is 36.0 Å². The van der Waals surface area contributed by atoms with Gasteiger partial charge in [0.25, 0.3) is 5.91 Å². The first-order valence-electron chi connectivity index (χ1n) is 10.7. The van der Waals surface area contributed by atoms with Crippen LogP contribution < -0.4 is 10.6 Å². The largest absolute Gasteiger partial charge is 0.379 e. The van der Waals surface area contributed by atoms with Crippen LogP contribution in [-0.4, -0.2) is 72.8 Å². The number of rotatable bonds is 8. The molecule has 0 bridgehead atoms. The number of anilines is 1. The second-order valence-corrected chi connectivity index (χ2v) is 11.8. The zero-order valence-corrected chi connectivity index (χ0v) is 20.3. The van der Waals surface area contributed by atoms with Crippen molar-refractivity contribution in [2.75, 3.05) is 37.4 Å². The maximum absolute atomic E-state index is 12.7. The monoisotopic (exact) mass is 511 g/mol. The predicted molar refractivity (Wildman–Crippen MR) is 125 cm³/mol. The molecule has 0 atom stereocenters. The van der Waals surface area contributed by atoms with Crippen molar-refractivity contribution < 1.29 is 22.7 Å². The van der Waals surface area contributed by atoms with Gasteiger partial charge in [-0.2, -0.15) is 4.31 Å². The van der Waals surface area contributed by atoms with Crippen molar-refractivity contribution in [1.29, 1.82) is 0 Å². The molecule has 2 N–H and O–H groups in total. The Kier molecular flexibility index (Phi) is 7.96. The molecule has 1 saturated heterocycles. The topological polar surface area (TPSA) is 131 Å². The lowest BCUT2D eigenvalue weighted by molar-refractivity contribution is -0.119. The van der Waals surface area contributed by atoms with Crippen molar-refractivity contribution in [1.82, 2.24) is 19.8 Å². The van der Waals surface area contributed by atoms with Crippen molar-refractivity contribution in [3.8, 4) is 0 Å². The smallest absolute Gasteiger partial charge is 0.257 e. The lowest BCUT2D eigenvalue weighted by Crippen LogP contribution is -2.40. The molecule has 1 aliphatic carbocycles. The summed E-state index contributed by atoms with van der Waals surface area (Å²) in [6.07, 6.45) is 4.38. The van der Waals surface area contributed by atoms with E-state index in [-0.39, 0.29) is 22.6 Å². The van der Waals surface area contributed by atoms with E-state index in [1.807, 2.05) is 0 Å². The highest BCUT2D eigenvalue weighted by molar-refractivity contribution is 8.01. The minimum Gasteiger partial charge on any atom is -0.379 e. The number of ether oxygens (including phenoxy) is 1. The average Bonchev–Trinajstić information content (AvgIpc) is 3.50. The summed E-state index contributed by atoms with van der Waals surface area (Å²) in [4.78, 5) is 24.7. The Balaban J connectivity index is 1.29. The fourth-order valence-electron chi connectivity index (χ4n) is 3.67. The molecule has 10 nitrogen and oxygen atoms in total. The summed E-state index contributed by atoms with van der Waals surface area (Å²) in [5.74, 6) is -0.199. The molecule has 4 rings (SSSR count). The highest BCUT2D eigenvalue weighted by atomic mass is 32.2. The van der Waals surface area contributed by atoms with E-state index in [0.29, 0.717) is 41.3 Å². The van der Waals surface area contributed by atoms with E-state index in [1.54, 1.807) is 0 Å². The van der Waals surface area contributed by atoms with Crippen LogP contribution in [0.2, 0.25) is 0 Å². The molecule has 0 unspecified atom stereocenters. The van der Waals surface area contributed by atoms with Gasteiger partial charge in [-0.05, 0) is 37.1 Å². The number of hydrogen-bond acceptors (Lipinski definition) is 9. The van der Waals surface area contributed by atoms with Gasteiger partial charge < -0.3 is 10.1 Å². The van der Waals surface area contributed by atoms with E-state index in [2.05, 4.69) is 20.8 Å². The number of hydrogen-bond donors (Lipinski definition) is 2. The summed E-state index contributed by atoms with van der Waals surface area (Å²) < 4.78 is 32.5. The molecule has 0 radical (unpaired) electrons. The summed E-state index contributed by atoms with van der Waals surface area (Å²) in [5.41, 5.74) is 0.302. The molecule has 0 spiro atoms. The number of amides is 2. The van der Waals surface area contributed by atoms with Crippen molar-refractivity contribution in [3.63, 3.8) is 0 Å². The van der Waals surface area contributed by atoms with Crippen LogP contribution in [0.15, 0.2) is 33.5 Å². The van der Waals surface area contributed by atoms with Crippen LogP contribution in [-0.2, 0) is 19.6 Å². The summed E-state index contributed by atoms with van der Waals surface area (Å²) >= 11 is 2.46. The van der Waals surface area contributed by atoms with Crippen LogP contribution in [0.25, 0.3) is 0 Å². The number of nitrogens with one attached hydrogen (secondary N) is 2. The van der Waals surface area contributed by atoms with Crippen LogP contribution in [0.4, 0.5) is 5.13 Å². The highest BCUT2D eigenvalue weighted by Crippen LogP contribution is 2.26. The Morgan fingerprint density at radius 1 is 1.12 bits per heavy atom. The maximum Gasteiger partial charge on any atom is 0.257 e. The molecule has 1 aliphatic heterocycles. The number of nitrogens with zero attached hydrogens (tertiary/aromatic N) is 3. The van der Waals surface area contributed by atoms with E-state index in [4.69, 9.17) is 4.74 Å². The van der Waals surface area contributed by atoms with Gasteiger partial charge in [-0.1, -0.05) is 35.9 Å². The van der Waals surface area contributed by atoms with Gasteiger partial charge >= 0.3 is 0 Å².